The molecule has 0 bridgehead atoms. The molecule has 1 aliphatic carbocycles. The molecule has 19 heavy (non-hydrogen) atoms. The molecule has 0 saturated heterocycles. The number of hydrogen-bond acceptors (Lipinski definition) is 2. The third-order valence-corrected chi connectivity index (χ3v) is 4.76. The number of methoxy groups -OCH3 is 1. The van der Waals surface area contributed by atoms with Crippen molar-refractivity contribution in [3.63, 3.8) is 0 Å². The van der Waals surface area contributed by atoms with Crippen LogP contribution in [-0.4, -0.2) is 7.11 Å². The zero-order valence-corrected chi connectivity index (χ0v) is 12.8. The van der Waals surface area contributed by atoms with Crippen LogP contribution in [-0.2, 0) is 0 Å². The lowest BCUT2D eigenvalue weighted by atomic mass is 9.70. The molecule has 0 aliphatic heterocycles. The monoisotopic (exact) mass is 281 g/mol. The Morgan fingerprint density at radius 2 is 1.95 bits per heavy atom. The van der Waals surface area contributed by atoms with Gasteiger partial charge < -0.3 is 10.5 Å². The van der Waals surface area contributed by atoms with Crippen LogP contribution < -0.4 is 10.5 Å². The maximum Gasteiger partial charge on any atom is 0.137 e. The number of rotatable bonds is 3. The smallest absolute Gasteiger partial charge is 0.137 e. The second-order valence-electron chi connectivity index (χ2n) is 6.42. The molecule has 1 fully saturated rings. The maximum absolute atomic E-state index is 6.43. The Morgan fingerprint density at radius 1 is 1.32 bits per heavy atom. The summed E-state index contributed by atoms with van der Waals surface area (Å²) in [5.74, 6) is 1.28. The fraction of sp³-hybridized carbons (Fsp3) is 0.625. The van der Waals surface area contributed by atoms with Crippen molar-refractivity contribution in [3.8, 4) is 5.75 Å². The van der Waals surface area contributed by atoms with E-state index in [0.29, 0.717) is 22.1 Å². The zero-order valence-electron chi connectivity index (χ0n) is 12.1. The standard InChI is InChI=1S/C16H24ClNO/c1-16(2)8-6-11(7-9-16)15(18)12-4-5-13(17)14(10-12)19-3/h4-5,10-11,15H,6-9,18H2,1-3H3. The lowest BCUT2D eigenvalue weighted by Crippen LogP contribution is -2.29. The summed E-state index contributed by atoms with van der Waals surface area (Å²) >= 11 is 6.06. The van der Waals surface area contributed by atoms with Crippen LogP contribution in [0.2, 0.25) is 5.02 Å². The Hall–Kier alpha value is -0.730. The molecule has 0 aromatic heterocycles. The van der Waals surface area contributed by atoms with Gasteiger partial charge in [-0.15, -0.1) is 0 Å². The fourth-order valence-corrected chi connectivity index (χ4v) is 3.13. The van der Waals surface area contributed by atoms with Gasteiger partial charge in [-0.1, -0.05) is 31.5 Å². The van der Waals surface area contributed by atoms with E-state index < -0.39 is 0 Å². The molecular weight excluding hydrogens is 258 g/mol. The van der Waals surface area contributed by atoms with Crippen molar-refractivity contribution in [2.75, 3.05) is 7.11 Å². The highest BCUT2D eigenvalue weighted by Crippen LogP contribution is 2.42. The van der Waals surface area contributed by atoms with Gasteiger partial charge in [-0.25, -0.2) is 0 Å². The summed E-state index contributed by atoms with van der Waals surface area (Å²) in [6.07, 6.45) is 4.93. The van der Waals surface area contributed by atoms with Gasteiger partial charge >= 0.3 is 0 Å². The minimum absolute atomic E-state index is 0.0854. The first-order valence-corrected chi connectivity index (χ1v) is 7.40. The molecule has 2 rings (SSSR count). The van der Waals surface area contributed by atoms with Gasteiger partial charge in [0, 0.05) is 6.04 Å². The Balaban J connectivity index is 2.10. The fourth-order valence-electron chi connectivity index (χ4n) is 2.94. The van der Waals surface area contributed by atoms with Crippen molar-refractivity contribution in [1.29, 1.82) is 0 Å². The van der Waals surface area contributed by atoms with Crippen LogP contribution in [0.3, 0.4) is 0 Å². The SMILES string of the molecule is COc1cc(C(N)C2CCC(C)(C)CC2)ccc1Cl. The lowest BCUT2D eigenvalue weighted by Gasteiger charge is -2.37. The average Bonchev–Trinajstić information content (AvgIpc) is 2.38. The molecular formula is C16H24ClNO. The van der Waals surface area contributed by atoms with E-state index in [2.05, 4.69) is 13.8 Å². The molecule has 0 spiro atoms. The van der Waals surface area contributed by atoms with E-state index in [-0.39, 0.29) is 6.04 Å². The Kier molecular flexibility index (Phi) is 4.42. The van der Waals surface area contributed by atoms with Crippen LogP contribution in [0.15, 0.2) is 18.2 Å². The highest BCUT2D eigenvalue weighted by atomic mass is 35.5. The van der Waals surface area contributed by atoms with Crippen LogP contribution >= 0.6 is 11.6 Å². The van der Waals surface area contributed by atoms with Crippen molar-refractivity contribution >= 4 is 11.6 Å². The van der Waals surface area contributed by atoms with E-state index >= 15 is 0 Å². The van der Waals surface area contributed by atoms with Crippen molar-refractivity contribution < 1.29 is 4.74 Å². The quantitative estimate of drug-likeness (QED) is 0.881. The highest BCUT2D eigenvalue weighted by molar-refractivity contribution is 6.32. The molecule has 1 aromatic carbocycles. The summed E-state index contributed by atoms with van der Waals surface area (Å²) in [6, 6.07) is 5.96. The minimum atomic E-state index is 0.0854. The zero-order chi connectivity index (χ0) is 14.0. The third-order valence-electron chi connectivity index (χ3n) is 4.45. The van der Waals surface area contributed by atoms with Crippen LogP contribution in [0.1, 0.15) is 51.1 Å². The van der Waals surface area contributed by atoms with Crippen LogP contribution in [0, 0.1) is 11.3 Å². The second-order valence-corrected chi connectivity index (χ2v) is 6.83. The van der Waals surface area contributed by atoms with E-state index in [4.69, 9.17) is 22.1 Å². The van der Waals surface area contributed by atoms with E-state index in [9.17, 15) is 0 Å². The molecule has 3 heteroatoms. The number of halogens is 1. The van der Waals surface area contributed by atoms with E-state index in [0.717, 1.165) is 5.56 Å². The Labute approximate surface area is 121 Å². The Bertz CT molecular complexity index is 434. The maximum atomic E-state index is 6.43. The lowest BCUT2D eigenvalue weighted by molar-refractivity contribution is 0.173. The van der Waals surface area contributed by atoms with Gasteiger partial charge in [0.2, 0.25) is 0 Å². The van der Waals surface area contributed by atoms with Gasteiger partial charge in [0.15, 0.2) is 0 Å². The first kappa shape index (κ1) is 14.7. The largest absolute Gasteiger partial charge is 0.495 e. The van der Waals surface area contributed by atoms with E-state index in [1.54, 1.807) is 7.11 Å². The van der Waals surface area contributed by atoms with Crippen molar-refractivity contribution in [3.05, 3.63) is 28.8 Å². The first-order valence-electron chi connectivity index (χ1n) is 7.02. The molecule has 1 atom stereocenters. The van der Waals surface area contributed by atoms with Crippen molar-refractivity contribution in [1.82, 2.24) is 0 Å². The number of benzene rings is 1. The van der Waals surface area contributed by atoms with Gasteiger partial charge in [-0.3, -0.25) is 0 Å². The Morgan fingerprint density at radius 3 is 2.53 bits per heavy atom. The van der Waals surface area contributed by atoms with Crippen LogP contribution in [0.5, 0.6) is 5.75 Å². The summed E-state index contributed by atoms with van der Waals surface area (Å²) in [6.45, 7) is 4.69. The topological polar surface area (TPSA) is 35.2 Å². The van der Waals surface area contributed by atoms with Crippen LogP contribution in [0.4, 0.5) is 0 Å². The van der Waals surface area contributed by atoms with Gasteiger partial charge in [0.1, 0.15) is 5.75 Å². The molecule has 1 saturated carbocycles. The summed E-state index contributed by atoms with van der Waals surface area (Å²) in [7, 11) is 1.64. The molecule has 1 unspecified atom stereocenters. The molecule has 106 valence electrons. The van der Waals surface area contributed by atoms with Crippen molar-refractivity contribution in [2.24, 2.45) is 17.1 Å². The number of nitrogens with two attached hydrogens (primary N) is 1. The second kappa shape index (κ2) is 5.72. The summed E-state index contributed by atoms with van der Waals surface area (Å²) in [5, 5.41) is 0.642. The minimum Gasteiger partial charge on any atom is -0.495 e. The molecule has 2 N–H and O–H groups in total. The normalized spacial score (nSPS) is 21.1. The molecule has 1 aromatic rings. The third kappa shape index (κ3) is 3.43. The van der Waals surface area contributed by atoms with Gasteiger partial charge in [-0.2, -0.15) is 0 Å². The molecule has 2 nitrogen and oxygen atoms in total. The van der Waals surface area contributed by atoms with Gasteiger partial charge in [0.25, 0.3) is 0 Å². The highest BCUT2D eigenvalue weighted by Gasteiger charge is 2.30. The van der Waals surface area contributed by atoms with Gasteiger partial charge in [0.05, 0.1) is 12.1 Å². The van der Waals surface area contributed by atoms with E-state index in [1.807, 2.05) is 18.2 Å². The predicted molar refractivity (Wildman–Crippen MR) is 80.7 cm³/mol. The van der Waals surface area contributed by atoms with Crippen molar-refractivity contribution in [2.45, 2.75) is 45.6 Å². The molecule has 0 heterocycles. The number of hydrogen-bond donors (Lipinski definition) is 1. The number of ether oxygens (including phenoxy) is 1. The predicted octanol–water partition coefficient (Wildman–Crippen LogP) is 4.56. The molecule has 0 radical (unpaired) electrons. The van der Waals surface area contributed by atoms with Crippen LogP contribution in [0.25, 0.3) is 0 Å². The average molecular weight is 282 g/mol. The van der Waals surface area contributed by atoms with E-state index in [1.165, 1.54) is 25.7 Å². The molecule has 1 aliphatic rings. The summed E-state index contributed by atoms with van der Waals surface area (Å²) in [4.78, 5) is 0. The molecule has 0 amide bonds. The summed E-state index contributed by atoms with van der Waals surface area (Å²) in [5.41, 5.74) is 8.04. The van der Waals surface area contributed by atoms with Gasteiger partial charge in [-0.05, 0) is 54.7 Å². The first-order chi connectivity index (χ1) is 8.93. The summed E-state index contributed by atoms with van der Waals surface area (Å²) < 4.78 is 5.27.